The zero-order chi connectivity index (χ0) is 27.9. The molecule has 2 fully saturated rings. The lowest BCUT2D eigenvalue weighted by atomic mass is 9.93. The molecule has 2 aromatic heterocycles. The molecule has 40 heavy (non-hydrogen) atoms. The Labute approximate surface area is 235 Å². The van der Waals surface area contributed by atoms with Gasteiger partial charge in [-0.3, -0.25) is 19.3 Å². The summed E-state index contributed by atoms with van der Waals surface area (Å²) in [5, 5.41) is 10.9. The molecule has 2 heterocycles. The molecular weight excluding hydrogens is 506 g/mol. The van der Waals surface area contributed by atoms with Crippen molar-refractivity contribution in [2.24, 2.45) is 0 Å². The fourth-order valence-electron chi connectivity index (χ4n) is 5.37. The highest BCUT2D eigenvalue weighted by atomic mass is 16.5. The van der Waals surface area contributed by atoms with Gasteiger partial charge in [-0.1, -0.05) is 31.1 Å². The third-order valence-corrected chi connectivity index (χ3v) is 7.74. The molecule has 0 saturated heterocycles. The summed E-state index contributed by atoms with van der Waals surface area (Å²) >= 11 is 0. The van der Waals surface area contributed by atoms with Gasteiger partial charge in [-0.25, -0.2) is 0 Å². The Bertz CT molecular complexity index is 1320. The monoisotopic (exact) mass is 543 g/mol. The number of carbonyl (C=O) groups is 2. The molecule has 0 radical (unpaired) electrons. The molecule has 3 aromatic rings. The van der Waals surface area contributed by atoms with E-state index in [-0.39, 0.29) is 36.0 Å². The third-order valence-electron chi connectivity index (χ3n) is 7.74. The van der Waals surface area contributed by atoms with Gasteiger partial charge < -0.3 is 20.1 Å². The second-order valence-electron chi connectivity index (χ2n) is 10.5. The molecule has 210 valence electrons. The van der Waals surface area contributed by atoms with Crippen LogP contribution in [0.4, 0.5) is 0 Å². The molecule has 9 heteroatoms. The van der Waals surface area contributed by atoms with Crippen LogP contribution in [0.5, 0.6) is 11.5 Å². The predicted molar refractivity (Wildman–Crippen MR) is 153 cm³/mol. The van der Waals surface area contributed by atoms with Crippen molar-refractivity contribution in [3.8, 4) is 22.8 Å². The molecule has 5 rings (SSSR count). The Morgan fingerprint density at radius 1 is 1.02 bits per heavy atom. The second-order valence-corrected chi connectivity index (χ2v) is 10.5. The molecule has 2 aliphatic carbocycles. The molecule has 2 aliphatic rings. The Kier molecular flexibility index (Phi) is 8.78. The number of aromatic nitrogens is 3. The first-order valence-corrected chi connectivity index (χ1v) is 14.0. The van der Waals surface area contributed by atoms with E-state index < -0.39 is 6.04 Å². The van der Waals surface area contributed by atoms with Crippen molar-refractivity contribution in [1.29, 1.82) is 0 Å². The number of nitrogens with one attached hydrogen (secondary N) is 2. The van der Waals surface area contributed by atoms with Gasteiger partial charge in [0.2, 0.25) is 5.91 Å². The molecule has 2 N–H and O–H groups in total. The summed E-state index contributed by atoms with van der Waals surface area (Å²) in [6, 6.07) is 11.1. The molecule has 0 unspecified atom stereocenters. The van der Waals surface area contributed by atoms with Crippen LogP contribution in [0.2, 0.25) is 0 Å². The standard InChI is InChI=1S/C31H37N5O4/c1-39-27-11-6-12-28(40-2)30(27)26-20-25(35-36(26)24-9-3-4-10-24)31(38)34-23(14-13-21-15-17-32-18-16-21)19-29(37)33-22-7-5-8-22/h6,11-18,20,22-24H,3-5,7-10,19H2,1-2H3,(H,33,37)(H,34,38)/b14-13+/t23-/m0/s1. The summed E-state index contributed by atoms with van der Waals surface area (Å²) in [4.78, 5) is 30.5. The number of benzene rings is 1. The molecule has 0 aliphatic heterocycles. The van der Waals surface area contributed by atoms with Crippen LogP contribution in [0.15, 0.2) is 54.9 Å². The lowest BCUT2D eigenvalue weighted by molar-refractivity contribution is -0.122. The van der Waals surface area contributed by atoms with E-state index in [0.29, 0.717) is 11.5 Å². The van der Waals surface area contributed by atoms with E-state index in [1.54, 1.807) is 32.7 Å². The quantitative estimate of drug-likeness (QED) is 0.355. The van der Waals surface area contributed by atoms with E-state index in [1.165, 1.54) is 0 Å². The number of pyridine rings is 1. The van der Waals surface area contributed by atoms with Gasteiger partial charge in [0.25, 0.3) is 5.91 Å². The predicted octanol–water partition coefficient (Wildman–Crippen LogP) is 4.95. The number of nitrogens with zero attached hydrogens (tertiary/aromatic N) is 3. The largest absolute Gasteiger partial charge is 0.496 e. The summed E-state index contributed by atoms with van der Waals surface area (Å²) < 4.78 is 13.3. The van der Waals surface area contributed by atoms with Crippen molar-refractivity contribution in [2.75, 3.05) is 14.2 Å². The Hall–Kier alpha value is -4.14. The lowest BCUT2D eigenvalue weighted by Gasteiger charge is -2.27. The first kappa shape index (κ1) is 27.4. The molecule has 1 aromatic carbocycles. The van der Waals surface area contributed by atoms with Crippen LogP contribution >= 0.6 is 0 Å². The minimum Gasteiger partial charge on any atom is -0.496 e. The zero-order valence-electron chi connectivity index (χ0n) is 23.1. The number of ether oxygens (including phenoxy) is 2. The average Bonchev–Trinajstić information content (AvgIpc) is 3.64. The number of hydrogen-bond acceptors (Lipinski definition) is 6. The van der Waals surface area contributed by atoms with Crippen LogP contribution in [-0.2, 0) is 4.79 Å². The van der Waals surface area contributed by atoms with Crippen molar-refractivity contribution in [3.63, 3.8) is 0 Å². The topological polar surface area (TPSA) is 107 Å². The SMILES string of the molecule is COc1cccc(OC)c1-c1cc(C(=O)N[C@@H](/C=C/c2ccncc2)CC(=O)NC2CCC2)nn1C1CCCC1. The van der Waals surface area contributed by atoms with Gasteiger partial charge in [0, 0.05) is 18.4 Å². The van der Waals surface area contributed by atoms with E-state index in [0.717, 1.165) is 61.8 Å². The molecular formula is C31H37N5O4. The van der Waals surface area contributed by atoms with Crippen LogP contribution in [-0.4, -0.2) is 52.9 Å². The fraction of sp³-hybridized carbons (Fsp3) is 0.419. The summed E-state index contributed by atoms with van der Waals surface area (Å²) in [5.41, 5.74) is 2.76. The second kappa shape index (κ2) is 12.8. The Morgan fingerprint density at radius 3 is 2.35 bits per heavy atom. The first-order chi connectivity index (χ1) is 19.6. The van der Waals surface area contributed by atoms with Gasteiger partial charge in [0.1, 0.15) is 11.5 Å². The minimum absolute atomic E-state index is 0.0784. The molecule has 0 spiro atoms. The van der Waals surface area contributed by atoms with Crippen LogP contribution in [0.1, 0.15) is 73.5 Å². The van der Waals surface area contributed by atoms with E-state index >= 15 is 0 Å². The maximum atomic E-state index is 13.6. The Balaban J connectivity index is 1.43. The van der Waals surface area contributed by atoms with E-state index in [2.05, 4.69) is 15.6 Å². The third kappa shape index (κ3) is 6.35. The van der Waals surface area contributed by atoms with E-state index in [4.69, 9.17) is 14.6 Å². The van der Waals surface area contributed by atoms with Crippen molar-refractivity contribution >= 4 is 17.9 Å². The van der Waals surface area contributed by atoms with Crippen LogP contribution in [0, 0.1) is 0 Å². The summed E-state index contributed by atoms with van der Waals surface area (Å²) in [5.74, 6) is 0.880. The minimum atomic E-state index is -0.512. The molecule has 2 saturated carbocycles. The van der Waals surface area contributed by atoms with Crippen molar-refractivity contribution in [2.45, 2.75) is 69.5 Å². The van der Waals surface area contributed by atoms with Crippen LogP contribution in [0.3, 0.4) is 0 Å². The number of methoxy groups -OCH3 is 2. The summed E-state index contributed by atoms with van der Waals surface area (Å²) in [7, 11) is 3.24. The van der Waals surface area contributed by atoms with Crippen molar-refractivity contribution in [1.82, 2.24) is 25.4 Å². The normalized spacial score (nSPS) is 16.4. The zero-order valence-corrected chi connectivity index (χ0v) is 23.1. The van der Waals surface area contributed by atoms with Gasteiger partial charge in [0.05, 0.1) is 44.0 Å². The summed E-state index contributed by atoms with van der Waals surface area (Å²) in [6.07, 6.45) is 14.7. The van der Waals surface area contributed by atoms with E-state index in [9.17, 15) is 9.59 Å². The first-order valence-electron chi connectivity index (χ1n) is 14.0. The average molecular weight is 544 g/mol. The molecule has 0 bridgehead atoms. The van der Waals surface area contributed by atoms with Crippen molar-refractivity contribution in [3.05, 3.63) is 66.1 Å². The van der Waals surface area contributed by atoms with Crippen LogP contribution < -0.4 is 20.1 Å². The van der Waals surface area contributed by atoms with Gasteiger partial charge in [0.15, 0.2) is 5.69 Å². The Morgan fingerprint density at radius 2 is 1.73 bits per heavy atom. The van der Waals surface area contributed by atoms with E-state index in [1.807, 2.05) is 47.2 Å². The van der Waals surface area contributed by atoms with Crippen LogP contribution in [0.25, 0.3) is 17.3 Å². The highest BCUT2D eigenvalue weighted by Gasteiger charge is 2.28. The number of rotatable bonds is 11. The lowest BCUT2D eigenvalue weighted by Crippen LogP contribution is -2.43. The molecule has 2 amide bonds. The molecule has 1 atom stereocenters. The number of amides is 2. The van der Waals surface area contributed by atoms with Gasteiger partial charge in [-0.05, 0) is 68.0 Å². The fourth-order valence-corrected chi connectivity index (χ4v) is 5.37. The van der Waals surface area contributed by atoms with Gasteiger partial charge in [-0.2, -0.15) is 5.10 Å². The van der Waals surface area contributed by atoms with Crippen molar-refractivity contribution < 1.29 is 19.1 Å². The highest BCUT2D eigenvalue weighted by molar-refractivity contribution is 5.95. The number of carbonyl (C=O) groups excluding carboxylic acids is 2. The maximum Gasteiger partial charge on any atom is 0.272 e. The maximum absolute atomic E-state index is 13.6. The number of hydrogen-bond donors (Lipinski definition) is 2. The molecule has 9 nitrogen and oxygen atoms in total. The highest BCUT2D eigenvalue weighted by Crippen LogP contribution is 2.41. The van der Waals surface area contributed by atoms with Gasteiger partial charge >= 0.3 is 0 Å². The van der Waals surface area contributed by atoms with Gasteiger partial charge in [-0.15, -0.1) is 0 Å². The summed E-state index contributed by atoms with van der Waals surface area (Å²) in [6.45, 7) is 0. The smallest absolute Gasteiger partial charge is 0.272 e.